The summed E-state index contributed by atoms with van der Waals surface area (Å²) in [6.45, 7) is 9.63. The number of carbonyl (C=O) groups excluding carboxylic acids is 2. The maximum absolute atomic E-state index is 12.5. The van der Waals surface area contributed by atoms with Gasteiger partial charge in [0.2, 0.25) is 11.8 Å². The molecule has 4 nitrogen and oxygen atoms in total. The third-order valence-corrected chi connectivity index (χ3v) is 8.47. The summed E-state index contributed by atoms with van der Waals surface area (Å²) in [5.41, 5.74) is 0. The SMILES string of the molecule is CCCCC/C=C\C/C=C\C/C=C\CCCCC(=O)N[C@@H](CCCCNC(=O)CCCCCCCCCCCCC)C(C)C. The molecule has 0 aromatic rings. The summed E-state index contributed by atoms with van der Waals surface area (Å²) in [7, 11) is 0. The zero-order chi connectivity index (χ0) is 32.4. The van der Waals surface area contributed by atoms with Crippen LogP contribution in [0.25, 0.3) is 0 Å². The van der Waals surface area contributed by atoms with Gasteiger partial charge in [0, 0.05) is 25.4 Å². The number of hydrogen-bond donors (Lipinski definition) is 2. The van der Waals surface area contributed by atoms with E-state index in [0.717, 1.165) is 64.3 Å². The van der Waals surface area contributed by atoms with Gasteiger partial charge >= 0.3 is 0 Å². The third kappa shape index (κ3) is 31.6. The van der Waals surface area contributed by atoms with Crippen LogP contribution in [0.4, 0.5) is 0 Å². The first-order valence-corrected chi connectivity index (χ1v) is 19.0. The lowest BCUT2D eigenvalue weighted by molar-refractivity contribution is -0.122. The Labute approximate surface area is 274 Å². The predicted molar refractivity (Wildman–Crippen MR) is 194 cm³/mol. The summed E-state index contributed by atoms with van der Waals surface area (Å²) in [5, 5.41) is 6.37. The molecule has 0 aliphatic heterocycles. The molecular formula is C40H74N2O2. The van der Waals surface area contributed by atoms with Gasteiger partial charge in [-0.25, -0.2) is 0 Å². The summed E-state index contributed by atoms with van der Waals surface area (Å²) in [5.74, 6) is 0.794. The lowest BCUT2D eigenvalue weighted by Gasteiger charge is -2.22. The van der Waals surface area contributed by atoms with Crippen LogP contribution in [0.15, 0.2) is 36.5 Å². The maximum Gasteiger partial charge on any atom is 0.220 e. The summed E-state index contributed by atoms with van der Waals surface area (Å²) < 4.78 is 0. The van der Waals surface area contributed by atoms with Crippen molar-refractivity contribution < 1.29 is 9.59 Å². The van der Waals surface area contributed by atoms with Crippen LogP contribution in [0, 0.1) is 5.92 Å². The highest BCUT2D eigenvalue weighted by molar-refractivity contribution is 5.76. The van der Waals surface area contributed by atoms with Gasteiger partial charge in [0.05, 0.1) is 0 Å². The van der Waals surface area contributed by atoms with E-state index in [9.17, 15) is 9.59 Å². The topological polar surface area (TPSA) is 58.2 Å². The van der Waals surface area contributed by atoms with Gasteiger partial charge in [-0.1, -0.05) is 141 Å². The van der Waals surface area contributed by atoms with Crippen molar-refractivity contribution in [1.82, 2.24) is 10.6 Å². The van der Waals surface area contributed by atoms with Crippen molar-refractivity contribution in [3.8, 4) is 0 Å². The second-order valence-electron chi connectivity index (χ2n) is 13.2. The Morgan fingerprint density at radius 2 is 0.977 bits per heavy atom. The Bertz CT molecular complexity index is 725. The largest absolute Gasteiger partial charge is 0.356 e. The van der Waals surface area contributed by atoms with Crippen LogP contribution < -0.4 is 10.6 Å². The van der Waals surface area contributed by atoms with Crippen molar-refractivity contribution >= 4 is 11.8 Å². The van der Waals surface area contributed by atoms with Crippen molar-refractivity contribution in [2.45, 2.75) is 194 Å². The van der Waals surface area contributed by atoms with Crippen LogP contribution in [-0.2, 0) is 9.59 Å². The number of amides is 2. The molecule has 256 valence electrons. The van der Waals surface area contributed by atoms with Crippen LogP contribution in [0.2, 0.25) is 0 Å². The Morgan fingerprint density at radius 3 is 1.55 bits per heavy atom. The molecule has 2 amide bonds. The molecule has 4 heteroatoms. The molecule has 0 unspecified atom stereocenters. The molecule has 0 rings (SSSR count). The second-order valence-corrected chi connectivity index (χ2v) is 13.2. The van der Waals surface area contributed by atoms with Gasteiger partial charge in [-0.3, -0.25) is 9.59 Å². The first kappa shape index (κ1) is 42.2. The molecule has 0 heterocycles. The fraction of sp³-hybridized carbons (Fsp3) is 0.800. The van der Waals surface area contributed by atoms with Crippen LogP contribution in [0.5, 0.6) is 0 Å². The zero-order valence-corrected chi connectivity index (χ0v) is 29.8. The van der Waals surface area contributed by atoms with Gasteiger partial charge < -0.3 is 10.6 Å². The minimum Gasteiger partial charge on any atom is -0.356 e. The average molecular weight is 615 g/mol. The van der Waals surface area contributed by atoms with Crippen molar-refractivity contribution in [3.05, 3.63) is 36.5 Å². The lowest BCUT2D eigenvalue weighted by atomic mass is 9.98. The quantitative estimate of drug-likeness (QED) is 0.0585. The monoisotopic (exact) mass is 615 g/mol. The van der Waals surface area contributed by atoms with E-state index in [1.807, 2.05) is 0 Å². The maximum atomic E-state index is 12.5. The Kier molecular flexibility index (Phi) is 32.6. The fourth-order valence-electron chi connectivity index (χ4n) is 5.44. The second kappa shape index (κ2) is 34.0. The standard InChI is InChI=1S/C40H74N2O2/c1-5-7-9-11-13-15-17-18-19-20-22-24-26-28-30-35-40(44)42-38(37(3)4)33-31-32-36-41-39(43)34-29-27-25-23-21-16-14-12-10-8-6-2/h13,15,18-19,22,24,37-38H,5-12,14,16-17,20-21,23,25-36H2,1-4H3,(H,41,43)(H,42,44)/b15-13-,19-18-,24-22-/t38-/m0/s1. The van der Waals surface area contributed by atoms with E-state index >= 15 is 0 Å². The van der Waals surface area contributed by atoms with Gasteiger partial charge in [0.25, 0.3) is 0 Å². The molecule has 0 fully saturated rings. The lowest BCUT2D eigenvalue weighted by Crippen LogP contribution is -2.38. The van der Waals surface area contributed by atoms with E-state index in [1.165, 1.54) is 89.9 Å². The summed E-state index contributed by atoms with van der Waals surface area (Å²) in [6.07, 6.45) is 42.3. The smallest absolute Gasteiger partial charge is 0.220 e. The molecule has 0 aromatic carbocycles. The van der Waals surface area contributed by atoms with Crippen molar-refractivity contribution in [2.24, 2.45) is 5.92 Å². The molecule has 1 atom stereocenters. The molecule has 0 radical (unpaired) electrons. The minimum atomic E-state index is 0.179. The van der Waals surface area contributed by atoms with Gasteiger partial charge in [-0.05, 0) is 76.5 Å². The van der Waals surface area contributed by atoms with E-state index in [0.29, 0.717) is 18.8 Å². The molecule has 0 bridgehead atoms. The van der Waals surface area contributed by atoms with Gasteiger partial charge in [-0.2, -0.15) is 0 Å². The summed E-state index contributed by atoms with van der Waals surface area (Å²) in [4.78, 5) is 24.7. The average Bonchev–Trinajstić information content (AvgIpc) is 3.00. The highest BCUT2D eigenvalue weighted by Gasteiger charge is 2.15. The highest BCUT2D eigenvalue weighted by Crippen LogP contribution is 2.13. The van der Waals surface area contributed by atoms with Gasteiger partial charge in [0.15, 0.2) is 0 Å². The zero-order valence-electron chi connectivity index (χ0n) is 29.8. The van der Waals surface area contributed by atoms with Gasteiger partial charge in [0.1, 0.15) is 0 Å². The molecule has 0 aromatic heterocycles. The molecule has 44 heavy (non-hydrogen) atoms. The van der Waals surface area contributed by atoms with Crippen LogP contribution in [-0.4, -0.2) is 24.4 Å². The number of carbonyl (C=O) groups is 2. The number of unbranched alkanes of at least 4 members (excludes halogenated alkanes) is 16. The molecule has 0 aliphatic rings. The molecule has 0 saturated carbocycles. The summed E-state index contributed by atoms with van der Waals surface area (Å²) in [6, 6.07) is 0.215. The Balaban J connectivity index is 3.74. The fourth-order valence-corrected chi connectivity index (χ4v) is 5.44. The third-order valence-electron chi connectivity index (χ3n) is 8.47. The Morgan fingerprint density at radius 1 is 0.523 bits per heavy atom. The number of hydrogen-bond acceptors (Lipinski definition) is 2. The predicted octanol–water partition coefficient (Wildman–Crippen LogP) is 11.7. The highest BCUT2D eigenvalue weighted by atomic mass is 16.2. The van der Waals surface area contributed by atoms with Gasteiger partial charge in [-0.15, -0.1) is 0 Å². The van der Waals surface area contributed by atoms with Crippen molar-refractivity contribution in [3.63, 3.8) is 0 Å². The van der Waals surface area contributed by atoms with E-state index in [-0.39, 0.29) is 17.9 Å². The van der Waals surface area contributed by atoms with Crippen molar-refractivity contribution in [2.75, 3.05) is 6.54 Å². The van der Waals surface area contributed by atoms with Crippen LogP contribution in [0.1, 0.15) is 188 Å². The van der Waals surface area contributed by atoms with E-state index < -0.39 is 0 Å². The Hall–Kier alpha value is -1.84. The number of nitrogens with one attached hydrogen (secondary N) is 2. The normalized spacial score (nSPS) is 12.7. The molecule has 0 aliphatic carbocycles. The van der Waals surface area contributed by atoms with E-state index in [1.54, 1.807) is 0 Å². The van der Waals surface area contributed by atoms with E-state index in [2.05, 4.69) is 74.8 Å². The number of rotatable bonds is 32. The molecule has 0 saturated heterocycles. The van der Waals surface area contributed by atoms with Crippen LogP contribution >= 0.6 is 0 Å². The van der Waals surface area contributed by atoms with Crippen molar-refractivity contribution in [1.29, 1.82) is 0 Å². The number of allylic oxidation sites excluding steroid dienone is 6. The van der Waals surface area contributed by atoms with E-state index in [4.69, 9.17) is 0 Å². The first-order valence-electron chi connectivity index (χ1n) is 19.0. The minimum absolute atomic E-state index is 0.179. The van der Waals surface area contributed by atoms with Crippen LogP contribution in [0.3, 0.4) is 0 Å². The first-order chi connectivity index (χ1) is 21.5. The molecule has 2 N–H and O–H groups in total. The summed E-state index contributed by atoms with van der Waals surface area (Å²) >= 11 is 0. The molecular weight excluding hydrogens is 540 g/mol. The molecule has 0 spiro atoms.